The molecular weight excluding hydrogens is 438 g/mol. The average Bonchev–Trinajstić information content (AvgIpc) is 2.91. The van der Waals surface area contributed by atoms with Crippen LogP contribution < -0.4 is 15.5 Å². The minimum absolute atomic E-state index is 0.0686. The number of ether oxygens (including phenoxy) is 1. The van der Waals surface area contributed by atoms with Crippen LogP contribution in [0, 0.1) is 0 Å². The van der Waals surface area contributed by atoms with Crippen LogP contribution in [0.5, 0.6) is 5.75 Å². The lowest BCUT2D eigenvalue weighted by molar-refractivity contribution is -0.117. The minimum atomic E-state index is -0.537. The lowest BCUT2D eigenvalue weighted by atomic mass is 10.0. The van der Waals surface area contributed by atoms with Gasteiger partial charge in [0.15, 0.2) is 0 Å². The number of hydrogen-bond acceptors (Lipinski definition) is 4. The van der Waals surface area contributed by atoms with Crippen LogP contribution in [0.4, 0.5) is 0 Å². The third-order valence-electron chi connectivity index (χ3n) is 5.45. The number of methoxy groups -OCH3 is 1. The Labute approximate surface area is 203 Å². The van der Waals surface area contributed by atoms with Gasteiger partial charge in [-0.05, 0) is 65.2 Å². The summed E-state index contributed by atoms with van der Waals surface area (Å²) >= 11 is 0. The summed E-state index contributed by atoms with van der Waals surface area (Å²) in [6.07, 6.45) is 1.59. The van der Waals surface area contributed by atoms with Crippen molar-refractivity contribution >= 4 is 34.4 Å². The quantitative estimate of drug-likeness (QED) is 0.226. The van der Waals surface area contributed by atoms with Crippen molar-refractivity contribution in [2.45, 2.75) is 6.92 Å². The number of rotatable bonds is 7. The Bertz CT molecular complexity index is 1410. The largest absolute Gasteiger partial charge is 0.497 e. The lowest BCUT2D eigenvalue weighted by Gasteiger charge is -2.10. The summed E-state index contributed by atoms with van der Waals surface area (Å²) < 4.78 is 5.19. The predicted molar refractivity (Wildman–Crippen MR) is 139 cm³/mol. The SMILES string of the molecule is COc1ccc(/C=C(\NC(=O)c2ccccc2)C(=O)N/N=C(\C)c2ccc3ccccc3c2)cc1. The summed E-state index contributed by atoms with van der Waals surface area (Å²) in [4.78, 5) is 25.8. The first kappa shape index (κ1) is 23.4. The van der Waals surface area contributed by atoms with Crippen molar-refractivity contribution in [2.75, 3.05) is 7.11 Å². The Morgan fingerprint density at radius 1 is 0.800 bits per heavy atom. The third kappa shape index (κ3) is 6.00. The number of hydrogen-bond donors (Lipinski definition) is 2. The monoisotopic (exact) mass is 463 g/mol. The molecule has 0 aromatic heterocycles. The van der Waals surface area contributed by atoms with E-state index in [0.717, 1.165) is 21.9 Å². The molecule has 6 heteroatoms. The van der Waals surface area contributed by atoms with Crippen molar-refractivity contribution in [3.63, 3.8) is 0 Å². The van der Waals surface area contributed by atoms with Crippen molar-refractivity contribution in [1.29, 1.82) is 0 Å². The molecule has 6 nitrogen and oxygen atoms in total. The van der Waals surface area contributed by atoms with Crippen LogP contribution in [0.25, 0.3) is 16.8 Å². The van der Waals surface area contributed by atoms with E-state index in [9.17, 15) is 9.59 Å². The van der Waals surface area contributed by atoms with Gasteiger partial charge in [0.2, 0.25) is 0 Å². The average molecular weight is 464 g/mol. The number of carbonyl (C=O) groups excluding carboxylic acids is 2. The molecule has 0 fully saturated rings. The van der Waals surface area contributed by atoms with Crippen LogP contribution in [-0.2, 0) is 4.79 Å². The summed E-state index contributed by atoms with van der Waals surface area (Å²) in [6, 6.07) is 29.9. The number of hydrazone groups is 1. The molecule has 0 saturated heterocycles. The lowest BCUT2D eigenvalue weighted by Crippen LogP contribution is -2.33. The molecule has 0 spiro atoms. The standard InChI is InChI=1S/C29H25N3O3/c1-20(24-15-14-22-8-6-7-11-25(22)19-24)31-32-29(34)27(18-21-12-16-26(35-2)17-13-21)30-28(33)23-9-4-3-5-10-23/h3-19H,1-2H3,(H,30,33)(H,32,34)/b27-18-,31-20+. The van der Waals surface area contributed by atoms with Crippen molar-refractivity contribution in [3.05, 3.63) is 119 Å². The van der Waals surface area contributed by atoms with Crippen LogP contribution in [-0.4, -0.2) is 24.6 Å². The Hall–Kier alpha value is -4.71. The molecule has 4 rings (SSSR count). The van der Waals surface area contributed by atoms with Gasteiger partial charge in [-0.2, -0.15) is 5.10 Å². The van der Waals surface area contributed by atoms with Crippen molar-refractivity contribution in [2.24, 2.45) is 5.10 Å². The second kappa shape index (κ2) is 10.9. The van der Waals surface area contributed by atoms with Gasteiger partial charge in [0.1, 0.15) is 11.4 Å². The van der Waals surface area contributed by atoms with E-state index in [0.29, 0.717) is 17.0 Å². The van der Waals surface area contributed by atoms with Crippen molar-refractivity contribution < 1.29 is 14.3 Å². The molecule has 4 aromatic rings. The second-order valence-electron chi connectivity index (χ2n) is 7.85. The van der Waals surface area contributed by atoms with E-state index in [2.05, 4.69) is 15.8 Å². The molecule has 0 atom stereocenters. The zero-order valence-corrected chi connectivity index (χ0v) is 19.5. The van der Waals surface area contributed by atoms with E-state index in [4.69, 9.17) is 4.74 Å². The van der Waals surface area contributed by atoms with Crippen LogP contribution in [0.2, 0.25) is 0 Å². The van der Waals surface area contributed by atoms with Gasteiger partial charge >= 0.3 is 0 Å². The highest BCUT2D eigenvalue weighted by atomic mass is 16.5. The fourth-order valence-corrected chi connectivity index (χ4v) is 3.48. The molecular formula is C29H25N3O3. The molecule has 0 aliphatic rings. The molecule has 0 aliphatic heterocycles. The normalized spacial score (nSPS) is 11.7. The van der Waals surface area contributed by atoms with Gasteiger partial charge in [-0.1, -0.05) is 66.7 Å². The summed E-state index contributed by atoms with van der Waals surface area (Å²) in [5.41, 5.74) is 5.33. The highest BCUT2D eigenvalue weighted by molar-refractivity contribution is 6.06. The van der Waals surface area contributed by atoms with Gasteiger partial charge in [0.25, 0.3) is 11.8 Å². The molecule has 2 N–H and O–H groups in total. The van der Waals surface area contributed by atoms with E-state index in [-0.39, 0.29) is 5.70 Å². The number of benzene rings is 4. The van der Waals surface area contributed by atoms with Gasteiger partial charge in [-0.3, -0.25) is 9.59 Å². The van der Waals surface area contributed by atoms with Crippen LogP contribution in [0.1, 0.15) is 28.4 Å². The van der Waals surface area contributed by atoms with E-state index in [1.807, 2.05) is 55.5 Å². The fraction of sp³-hybridized carbons (Fsp3) is 0.0690. The molecule has 0 aliphatic carbocycles. The maximum atomic E-state index is 13.1. The molecule has 35 heavy (non-hydrogen) atoms. The van der Waals surface area contributed by atoms with Crippen LogP contribution in [0.3, 0.4) is 0 Å². The number of nitrogens with zero attached hydrogens (tertiary/aromatic N) is 1. The molecule has 174 valence electrons. The summed E-state index contributed by atoms with van der Waals surface area (Å²) in [5, 5.41) is 9.19. The Kier molecular flexibility index (Phi) is 7.33. The number of amides is 2. The zero-order chi connectivity index (χ0) is 24.6. The molecule has 0 bridgehead atoms. The molecule has 0 heterocycles. The first-order chi connectivity index (χ1) is 17.0. The van der Waals surface area contributed by atoms with Crippen LogP contribution >= 0.6 is 0 Å². The Morgan fingerprint density at radius 3 is 2.20 bits per heavy atom. The van der Waals surface area contributed by atoms with E-state index in [1.165, 1.54) is 0 Å². The molecule has 0 unspecified atom stereocenters. The van der Waals surface area contributed by atoms with Gasteiger partial charge in [-0.25, -0.2) is 5.43 Å². The second-order valence-corrected chi connectivity index (χ2v) is 7.85. The first-order valence-electron chi connectivity index (χ1n) is 11.1. The first-order valence-corrected chi connectivity index (χ1v) is 11.1. The zero-order valence-electron chi connectivity index (χ0n) is 19.5. The maximum Gasteiger partial charge on any atom is 0.287 e. The van der Waals surface area contributed by atoms with E-state index < -0.39 is 11.8 Å². The summed E-state index contributed by atoms with van der Waals surface area (Å²) in [6.45, 7) is 1.82. The maximum absolute atomic E-state index is 13.1. The van der Waals surface area contributed by atoms with E-state index in [1.54, 1.807) is 61.7 Å². The number of nitrogens with one attached hydrogen (secondary N) is 2. The number of carbonyl (C=O) groups is 2. The molecule has 2 amide bonds. The molecule has 0 radical (unpaired) electrons. The Morgan fingerprint density at radius 2 is 1.49 bits per heavy atom. The van der Waals surface area contributed by atoms with Crippen LogP contribution in [0.15, 0.2) is 108 Å². The highest BCUT2D eigenvalue weighted by Crippen LogP contribution is 2.17. The van der Waals surface area contributed by atoms with Gasteiger partial charge in [0.05, 0.1) is 12.8 Å². The smallest absolute Gasteiger partial charge is 0.287 e. The predicted octanol–water partition coefficient (Wildman–Crippen LogP) is 5.16. The highest BCUT2D eigenvalue weighted by Gasteiger charge is 2.15. The van der Waals surface area contributed by atoms with Gasteiger partial charge < -0.3 is 10.1 Å². The van der Waals surface area contributed by atoms with E-state index >= 15 is 0 Å². The van der Waals surface area contributed by atoms with Gasteiger partial charge in [0, 0.05) is 5.56 Å². The number of fused-ring (bicyclic) bond motifs is 1. The topological polar surface area (TPSA) is 79.8 Å². The van der Waals surface area contributed by atoms with Crippen molar-refractivity contribution in [3.8, 4) is 5.75 Å². The Balaban J connectivity index is 1.57. The summed E-state index contributed by atoms with van der Waals surface area (Å²) in [5.74, 6) is -0.238. The minimum Gasteiger partial charge on any atom is -0.497 e. The van der Waals surface area contributed by atoms with Crippen molar-refractivity contribution in [1.82, 2.24) is 10.7 Å². The third-order valence-corrected chi connectivity index (χ3v) is 5.45. The molecule has 0 saturated carbocycles. The summed E-state index contributed by atoms with van der Waals surface area (Å²) in [7, 11) is 1.58. The fourth-order valence-electron chi connectivity index (χ4n) is 3.48. The van der Waals surface area contributed by atoms with Gasteiger partial charge in [-0.15, -0.1) is 0 Å². The molecule has 4 aromatic carbocycles.